The third kappa shape index (κ3) is 2.98. The first kappa shape index (κ1) is 15.7. The number of anilines is 1. The van der Waals surface area contributed by atoms with Crippen molar-refractivity contribution in [3.63, 3.8) is 0 Å². The minimum Gasteiger partial charge on any atom is -0.367 e. The van der Waals surface area contributed by atoms with Crippen molar-refractivity contribution in [1.29, 1.82) is 0 Å². The predicted molar refractivity (Wildman–Crippen MR) is 82.5 cm³/mol. The molecule has 0 bridgehead atoms. The maximum Gasteiger partial charge on any atom is 0.246 e. The average Bonchev–Trinajstić information content (AvgIpc) is 2.46. The summed E-state index contributed by atoms with van der Waals surface area (Å²) >= 11 is 3.44. The van der Waals surface area contributed by atoms with Crippen LogP contribution < -0.4 is 10.2 Å². The lowest BCUT2D eigenvalue weighted by atomic mass is 10.3. The summed E-state index contributed by atoms with van der Waals surface area (Å²) in [7, 11) is -1.93. The van der Waals surface area contributed by atoms with Crippen molar-refractivity contribution in [3.8, 4) is 0 Å². The van der Waals surface area contributed by atoms with Gasteiger partial charge in [-0.3, -0.25) is 4.98 Å². The van der Waals surface area contributed by atoms with E-state index >= 15 is 0 Å². The largest absolute Gasteiger partial charge is 0.367 e. The quantitative estimate of drug-likeness (QED) is 0.861. The van der Waals surface area contributed by atoms with Gasteiger partial charge >= 0.3 is 0 Å². The summed E-state index contributed by atoms with van der Waals surface area (Å²) in [5.74, 6) is 0. The van der Waals surface area contributed by atoms with E-state index in [4.69, 9.17) is 0 Å². The van der Waals surface area contributed by atoms with Gasteiger partial charge in [-0.2, -0.15) is 0 Å². The lowest BCUT2D eigenvalue weighted by molar-refractivity contribution is 0.485. The fourth-order valence-corrected chi connectivity index (χ4v) is 4.20. The van der Waals surface area contributed by atoms with Crippen LogP contribution in [0.2, 0.25) is 0 Å². The molecule has 0 amide bonds. The molecule has 1 aromatic heterocycles. The van der Waals surface area contributed by atoms with Gasteiger partial charge in [0.05, 0.1) is 10.2 Å². The number of sulfonamides is 1. The van der Waals surface area contributed by atoms with E-state index in [0.717, 1.165) is 26.2 Å². The molecule has 1 aliphatic rings. The first-order chi connectivity index (χ1) is 9.48. The summed E-state index contributed by atoms with van der Waals surface area (Å²) in [4.78, 5) is 6.37. The molecular formula is C12H19BrN4O2S. The van der Waals surface area contributed by atoms with Crippen LogP contribution in [0.3, 0.4) is 0 Å². The molecule has 0 saturated carbocycles. The Bertz CT molecular complexity index is 573. The highest BCUT2D eigenvalue weighted by Crippen LogP contribution is 2.33. The standard InChI is InChI=1S/C12H19BrN4O2S/c1-3-16(2)20(18,19)11-9-15-8-10(13)12(11)17-6-4-14-5-7-17/h8-9,14H,3-7H2,1-2H3. The fraction of sp³-hybridized carbons (Fsp3) is 0.583. The third-order valence-electron chi connectivity index (χ3n) is 3.41. The molecule has 0 aliphatic carbocycles. The van der Waals surface area contributed by atoms with Crippen molar-refractivity contribution in [2.75, 3.05) is 44.7 Å². The third-order valence-corrected chi connectivity index (χ3v) is 5.92. The van der Waals surface area contributed by atoms with Gasteiger partial charge in [0.15, 0.2) is 0 Å². The minimum absolute atomic E-state index is 0.262. The Hall–Kier alpha value is -0.700. The van der Waals surface area contributed by atoms with Crippen LogP contribution in [0.4, 0.5) is 5.69 Å². The van der Waals surface area contributed by atoms with Crippen LogP contribution in [0, 0.1) is 0 Å². The zero-order valence-electron chi connectivity index (χ0n) is 11.6. The molecule has 0 aromatic carbocycles. The molecule has 2 rings (SSSR count). The predicted octanol–water partition coefficient (Wildman–Crippen LogP) is 0.894. The van der Waals surface area contributed by atoms with Crippen molar-refractivity contribution < 1.29 is 8.42 Å². The highest BCUT2D eigenvalue weighted by Gasteiger charge is 2.28. The van der Waals surface area contributed by atoms with E-state index in [0.29, 0.717) is 16.7 Å². The number of halogens is 1. The van der Waals surface area contributed by atoms with Gasteiger partial charge in [0, 0.05) is 52.2 Å². The summed E-state index contributed by atoms with van der Waals surface area (Å²) < 4.78 is 27.3. The molecule has 6 nitrogen and oxygen atoms in total. The smallest absolute Gasteiger partial charge is 0.246 e. The van der Waals surface area contributed by atoms with Gasteiger partial charge in [-0.25, -0.2) is 12.7 Å². The Morgan fingerprint density at radius 2 is 2.05 bits per heavy atom. The van der Waals surface area contributed by atoms with Crippen molar-refractivity contribution >= 4 is 31.6 Å². The van der Waals surface area contributed by atoms with Gasteiger partial charge in [0.25, 0.3) is 0 Å². The van der Waals surface area contributed by atoms with E-state index in [9.17, 15) is 8.42 Å². The van der Waals surface area contributed by atoms with Crippen LogP contribution in [0.25, 0.3) is 0 Å². The second-order valence-corrected chi connectivity index (χ2v) is 7.49. The maximum absolute atomic E-state index is 12.6. The van der Waals surface area contributed by atoms with Crippen LogP contribution >= 0.6 is 15.9 Å². The monoisotopic (exact) mass is 362 g/mol. The SMILES string of the molecule is CCN(C)S(=O)(=O)c1cncc(Br)c1N1CCNCC1. The van der Waals surface area contributed by atoms with E-state index in [2.05, 4.69) is 31.1 Å². The Morgan fingerprint density at radius 3 is 2.65 bits per heavy atom. The molecule has 1 N–H and O–H groups in total. The molecule has 0 spiro atoms. The second-order valence-electron chi connectivity index (χ2n) is 4.62. The number of aromatic nitrogens is 1. The Kier molecular flexibility index (Phi) is 5.00. The van der Waals surface area contributed by atoms with E-state index in [1.807, 2.05) is 6.92 Å². The molecule has 20 heavy (non-hydrogen) atoms. The number of hydrogen-bond donors (Lipinski definition) is 1. The first-order valence-electron chi connectivity index (χ1n) is 6.54. The first-order valence-corrected chi connectivity index (χ1v) is 8.77. The van der Waals surface area contributed by atoms with E-state index < -0.39 is 10.0 Å². The summed E-state index contributed by atoms with van der Waals surface area (Å²) in [6, 6.07) is 0. The second kappa shape index (κ2) is 6.38. The molecule has 1 aliphatic heterocycles. The highest BCUT2D eigenvalue weighted by atomic mass is 79.9. The Labute approximate surface area is 128 Å². The summed E-state index contributed by atoms with van der Waals surface area (Å²) in [5.41, 5.74) is 0.710. The lowest BCUT2D eigenvalue weighted by Crippen LogP contribution is -2.44. The summed E-state index contributed by atoms with van der Waals surface area (Å²) in [6.45, 7) is 5.49. The number of piperazine rings is 1. The number of pyridine rings is 1. The minimum atomic E-state index is -3.51. The van der Waals surface area contributed by atoms with Gasteiger partial charge in [0.1, 0.15) is 4.90 Å². The molecule has 1 saturated heterocycles. The molecule has 1 aromatic rings. The maximum atomic E-state index is 12.6. The zero-order valence-corrected chi connectivity index (χ0v) is 14.0. The number of nitrogens with zero attached hydrogens (tertiary/aromatic N) is 3. The molecule has 8 heteroatoms. The van der Waals surface area contributed by atoms with E-state index in [1.54, 1.807) is 13.2 Å². The van der Waals surface area contributed by atoms with Crippen LogP contribution in [-0.2, 0) is 10.0 Å². The molecule has 112 valence electrons. The lowest BCUT2D eigenvalue weighted by Gasteiger charge is -2.32. The van der Waals surface area contributed by atoms with Gasteiger partial charge in [-0.15, -0.1) is 0 Å². The number of hydrogen-bond acceptors (Lipinski definition) is 5. The zero-order chi connectivity index (χ0) is 14.8. The van der Waals surface area contributed by atoms with Gasteiger partial charge in [-0.1, -0.05) is 6.92 Å². The Morgan fingerprint density at radius 1 is 1.40 bits per heavy atom. The number of nitrogens with one attached hydrogen (secondary N) is 1. The topological polar surface area (TPSA) is 65.5 Å². The normalized spacial score (nSPS) is 16.7. The van der Waals surface area contributed by atoms with Crippen molar-refractivity contribution in [2.24, 2.45) is 0 Å². The van der Waals surface area contributed by atoms with Crippen molar-refractivity contribution in [2.45, 2.75) is 11.8 Å². The molecular weight excluding hydrogens is 344 g/mol. The van der Waals surface area contributed by atoms with Gasteiger partial charge < -0.3 is 10.2 Å². The molecule has 0 radical (unpaired) electrons. The van der Waals surface area contributed by atoms with E-state index in [-0.39, 0.29) is 4.90 Å². The average molecular weight is 363 g/mol. The molecule has 0 unspecified atom stereocenters. The molecule has 1 fully saturated rings. The summed E-state index contributed by atoms with van der Waals surface area (Å²) in [6.07, 6.45) is 3.08. The fourth-order valence-electron chi connectivity index (χ4n) is 2.13. The van der Waals surface area contributed by atoms with Crippen LogP contribution in [0.15, 0.2) is 21.8 Å². The molecule has 2 heterocycles. The molecule has 0 atom stereocenters. The highest BCUT2D eigenvalue weighted by molar-refractivity contribution is 9.10. The number of rotatable bonds is 4. The van der Waals surface area contributed by atoms with Crippen molar-refractivity contribution in [1.82, 2.24) is 14.6 Å². The van der Waals surface area contributed by atoms with Crippen LogP contribution in [0.1, 0.15) is 6.92 Å². The summed E-state index contributed by atoms with van der Waals surface area (Å²) in [5, 5.41) is 3.26. The van der Waals surface area contributed by atoms with Crippen LogP contribution in [0.5, 0.6) is 0 Å². The van der Waals surface area contributed by atoms with Crippen molar-refractivity contribution in [3.05, 3.63) is 16.9 Å². The Balaban J connectivity index is 2.51. The van der Waals surface area contributed by atoms with Gasteiger partial charge in [0.2, 0.25) is 10.0 Å². The van der Waals surface area contributed by atoms with E-state index in [1.165, 1.54) is 10.5 Å². The van der Waals surface area contributed by atoms with Gasteiger partial charge in [-0.05, 0) is 15.9 Å². The van der Waals surface area contributed by atoms with Crippen LogP contribution in [-0.4, -0.2) is 57.5 Å².